The molecule has 1 N–H and O–H groups in total. The van der Waals surface area contributed by atoms with E-state index in [0.29, 0.717) is 12.2 Å². The molecule has 1 rings (SSSR count). The van der Waals surface area contributed by atoms with E-state index in [9.17, 15) is 4.39 Å². The first-order valence-corrected chi connectivity index (χ1v) is 5.29. The number of hydrogen-bond acceptors (Lipinski definition) is 3. The number of rotatable bonds is 6. The molecule has 0 saturated heterocycles. The lowest BCUT2D eigenvalue weighted by Crippen LogP contribution is -2.21. The predicted molar refractivity (Wildman–Crippen MR) is 62.1 cm³/mol. The van der Waals surface area contributed by atoms with Crippen LogP contribution in [0.1, 0.15) is 12.0 Å². The molecular formula is C12H18FNO2. The number of aliphatic hydroxyl groups is 1. The minimum absolute atomic E-state index is 0.281. The van der Waals surface area contributed by atoms with Crippen molar-refractivity contribution in [2.75, 3.05) is 32.2 Å². The maximum Gasteiger partial charge on any atom is 0.130 e. The van der Waals surface area contributed by atoms with E-state index in [-0.39, 0.29) is 12.4 Å². The van der Waals surface area contributed by atoms with E-state index in [0.717, 1.165) is 18.7 Å². The number of halogens is 1. The molecule has 0 aromatic heterocycles. The fraction of sp³-hybridized carbons (Fsp3) is 0.500. The number of hydrogen-bond donors (Lipinski definition) is 1. The van der Waals surface area contributed by atoms with Gasteiger partial charge in [-0.15, -0.1) is 0 Å². The maximum atomic E-state index is 13.4. The fourth-order valence-electron chi connectivity index (χ4n) is 1.63. The number of nitrogens with zero attached hydrogens (tertiary/aromatic N) is 1. The molecular weight excluding hydrogens is 209 g/mol. The Bertz CT molecular complexity index is 331. The number of anilines is 1. The predicted octanol–water partition coefficient (Wildman–Crippen LogP) is 1.79. The Morgan fingerprint density at radius 2 is 2.19 bits per heavy atom. The first-order valence-electron chi connectivity index (χ1n) is 5.29. The van der Waals surface area contributed by atoms with Gasteiger partial charge in [0.2, 0.25) is 0 Å². The van der Waals surface area contributed by atoms with E-state index < -0.39 is 0 Å². The molecule has 0 bridgehead atoms. The molecule has 0 saturated carbocycles. The van der Waals surface area contributed by atoms with E-state index in [1.165, 1.54) is 6.07 Å². The molecule has 0 aliphatic heterocycles. The zero-order valence-corrected chi connectivity index (χ0v) is 9.74. The molecule has 0 amide bonds. The Morgan fingerprint density at radius 1 is 1.44 bits per heavy atom. The van der Waals surface area contributed by atoms with Crippen molar-refractivity contribution in [2.45, 2.75) is 13.0 Å². The normalized spacial score (nSPS) is 10.5. The standard InChI is InChI=1S/C12H18FNO2/c1-14(7-4-8-16-2)12-6-3-5-11(13)10(12)9-15/h3,5-6,15H,4,7-9H2,1-2H3. The van der Waals surface area contributed by atoms with E-state index in [4.69, 9.17) is 9.84 Å². The average Bonchev–Trinajstić information content (AvgIpc) is 2.29. The molecule has 3 nitrogen and oxygen atoms in total. The zero-order chi connectivity index (χ0) is 12.0. The monoisotopic (exact) mass is 227 g/mol. The Hall–Kier alpha value is -1.13. The molecule has 0 aliphatic rings. The third-order valence-corrected chi connectivity index (χ3v) is 2.51. The highest BCUT2D eigenvalue weighted by molar-refractivity contribution is 5.53. The number of benzene rings is 1. The molecule has 0 radical (unpaired) electrons. The van der Waals surface area contributed by atoms with Crippen LogP contribution in [0, 0.1) is 5.82 Å². The van der Waals surface area contributed by atoms with Crippen molar-refractivity contribution in [3.63, 3.8) is 0 Å². The van der Waals surface area contributed by atoms with Gasteiger partial charge in [-0.3, -0.25) is 0 Å². The highest BCUT2D eigenvalue weighted by Gasteiger charge is 2.10. The molecule has 4 heteroatoms. The van der Waals surface area contributed by atoms with Gasteiger partial charge in [0.05, 0.1) is 6.61 Å². The van der Waals surface area contributed by atoms with E-state index >= 15 is 0 Å². The van der Waals surface area contributed by atoms with Gasteiger partial charge in [0.1, 0.15) is 5.82 Å². The molecule has 1 aromatic carbocycles. The lowest BCUT2D eigenvalue weighted by atomic mass is 10.1. The molecule has 0 atom stereocenters. The summed E-state index contributed by atoms with van der Waals surface area (Å²) in [6.45, 7) is 1.16. The largest absolute Gasteiger partial charge is 0.391 e. The molecule has 1 aromatic rings. The van der Waals surface area contributed by atoms with Gasteiger partial charge >= 0.3 is 0 Å². The van der Waals surface area contributed by atoms with Crippen molar-refractivity contribution in [3.8, 4) is 0 Å². The second kappa shape index (κ2) is 6.45. The fourth-order valence-corrected chi connectivity index (χ4v) is 1.63. The third-order valence-electron chi connectivity index (χ3n) is 2.51. The van der Waals surface area contributed by atoms with Gasteiger partial charge in [-0.05, 0) is 18.6 Å². The first kappa shape index (κ1) is 12.9. The zero-order valence-electron chi connectivity index (χ0n) is 9.74. The smallest absolute Gasteiger partial charge is 0.130 e. The van der Waals surface area contributed by atoms with Gasteiger partial charge in [0.25, 0.3) is 0 Å². The van der Waals surface area contributed by atoms with Crippen LogP contribution in [0.15, 0.2) is 18.2 Å². The topological polar surface area (TPSA) is 32.7 Å². The second-order valence-electron chi connectivity index (χ2n) is 3.66. The summed E-state index contributed by atoms with van der Waals surface area (Å²) in [6, 6.07) is 4.82. The molecule has 0 heterocycles. The van der Waals surface area contributed by atoms with Gasteiger partial charge in [-0.1, -0.05) is 6.07 Å². The van der Waals surface area contributed by atoms with Crippen LogP contribution in [0.25, 0.3) is 0 Å². The summed E-state index contributed by atoms with van der Waals surface area (Å²) in [4.78, 5) is 1.92. The minimum atomic E-state index is -0.362. The number of methoxy groups -OCH3 is 1. The van der Waals surface area contributed by atoms with Crippen LogP contribution in [0.2, 0.25) is 0 Å². The third kappa shape index (κ3) is 3.18. The summed E-state index contributed by atoms with van der Waals surface area (Å²) in [6.07, 6.45) is 0.869. The molecule has 0 fully saturated rings. The van der Waals surface area contributed by atoms with E-state index in [1.807, 2.05) is 11.9 Å². The first-order chi connectivity index (χ1) is 7.70. The summed E-state index contributed by atoms with van der Waals surface area (Å²) in [5, 5.41) is 9.13. The Kier molecular flexibility index (Phi) is 5.22. The van der Waals surface area contributed by atoms with Crippen LogP contribution in [0.4, 0.5) is 10.1 Å². The van der Waals surface area contributed by atoms with Gasteiger partial charge in [-0.2, -0.15) is 0 Å². The van der Waals surface area contributed by atoms with Crippen LogP contribution in [0.5, 0.6) is 0 Å². The summed E-state index contributed by atoms with van der Waals surface area (Å²) in [7, 11) is 3.53. The molecule has 16 heavy (non-hydrogen) atoms. The second-order valence-corrected chi connectivity index (χ2v) is 3.66. The van der Waals surface area contributed by atoms with Crippen LogP contribution >= 0.6 is 0 Å². The molecule has 0 spiro atoms. The van der Waals surface area contributed by atoms with Gasteiger partial charge in [-0.25, -0.2) is 4.39 Å². The van der Waals surface area contributed by atoms with Gasteiger partial charge in [0, 0.05) is 38.6 Å². The Labute approximate surface area is 95.5 Å². The molecule has 0 unspecified atom stereocenters. The Balaban J connectivity index is 2.74. The van der Waals surface area contributed by atoms with Crippen LogP contribution in [0.3, 0.4) is 0 Å². The SMILES string of the molecule is COCCCN(C)c1cccc(F)c1CO. The van der Waals surface area contributed by atoms with Crippen molar-refractivity contribution in [2.24, 2.45) is 0 Å². The Morgan fingerprint density at radius 3 is 2.81 bits per heavy atom. The highest BCUT2D eigenvalue weighted by Crippen LogP contribution is 2.22. The van der Waals surface area contributed by atoms with Gasteiger partial charge in [0.15, 0.2) is 0 Å². The number of aliphatic hydroxyl groups excluding tert-OH is 1. The molecule has 90 valence electrons. The number of ether oxygens (including phenoxy) is 1. The van der Waals surface area contributed by atoms with Crippen LogP contribution in [-0.2, 0) is 11.3 Å². The lowest BCUT2D eigenvalue weighted by Gasteiger charge is -2.22. The molecule has 0 aliphatic carbocycles. The summed E-state index contributed by atoms with van der Waals surface area (Å²) in [5.41, 5.74) is 1.08. The van der Waals surface area contributed by atoms with Gasteiger partial charge < -0.3 is 14.7 Å². The van der Waals surface area contributed by atoms with Crippen molar-refractivity contribution < 1.29 is 14.2 Å². The maximum absolute atomic E-state index is 13.4. The van der Waals surface area contributed by atoms with Crippen LogP contribution in [-0.4, -0.2) is 32.4 Å². The quantitative estimate of drug-likeness (QED) is 0.752. The van der Waals surface area contributed by atoms with Crippen LogP contribution < -0.4 is 4.90 Å². The average molecular weight is 227 g/mol. The highest BCUT2D eigenvalue weighted by atomic mass is 19.1. The van der Waals surface area contributed by atoms with E-state index in [1.54, 1.807) is 19.2 Å². The van der Waals surface area contributed by atoms with Crippen molar-refractivity contribution in [1.29, 1.82) is 0 Å². The van der Waals surface area contributed by atoms with Crippen molar-refractivity contribution in [3.05, 3.63) is 29.6 Å². The lowest BCUT2D eigenvalue weighted by molar-refractivity contribution is 0.196. The summed E-state index contributed by atoms with van der Waals surface area (Å²) in [5.74, 6) is -0.362. The van der Waals surface area contributed by atoms with E-state index in [2.05, 4.69) is 0 Å². The van der Waals surface area contributed by atoms with Crippen molar-refractivity contribution >= 4 is 5.69 Å². The summed E-state index contributed by atoms with van der Waals surface area (Å²) >= 11 is 0. The summed E-state index contributed by atoms with van der Waals surface area (Å²) < 4.78 is 18.3. The van der Waals surface area contributed by atoms with Crippen molar-refractivity contribution in [1.82, 2.24) is 0 Å². The minimum Gasteiger partial charge on any atom is -0.391 e.